The predicted octanol–water partition coefficient (Wildman–Crippen LogP) is -1.60. The van der Waals surface area contributed by atoms with E-state index in [0.717, 1.165) is 65.2 Å². The topological polar surface area (TPSA) is 680 Å². The second-order valence-corrected chi connectivity index (χ2v) is 39.1. The lowest BCUT2D eigenvalue weighted by Gasteiger charge is -2.52. The van der Waals surface area contributed by atoms with Gasteiger partial charge in [0.25, 0.3) is 0 Å². The monoisotopic (exact) mass is 2020 g/mol. The van der Waals surface area contributed by atoms with Gasteiger partial charge in [-0.25, -0.2) is 0 Å². The second kappa shape index (κ2) is 64.2. The van der Waals surface area contributed by atoms with Crippen LogP contribution < -0.4 is 16.0 Å². The summed E-state index contributed by atoms with van der Waals surface area (Å²) in [7, 11) is 0. The predicted molar refractivity (Wildman–Crippen MR) is 493 cm³/mol. The van der Waals surface area contributed by atoms with Crippen molar-refractivity contribution in [2.24, 2.45) is 0 Å². The lowest BCUT2D eigenvalue weighted by molar-refractivity contribution is -0.401. The molecule has 140 heavy (non-hydrogen) atoms. The highest BCUT2D eigenvalue weighted by Gasteiger charge is 2.61. The van der Waals surface area contributed by atoms with Gasteiger partial charge in [0, 0.05) is 20.3 Å². The number of nitrogens with one attached hydrogen (secondary N) is 3. The van der Waals surface area contributed by atoms with Crippen LogP contribution in [0.5, 0.6) is 0 Å². The van der Waals surface area contributed by atoms with Crippen LogP contribution in [0.1, 0.15) is 273 Å². The van der Waals surface area contributed by atoms with Gasteiger partial charge in [-0.05, 0) is 33.1 Å². The SMILES string of the molecule is CCCCCCCCCCCCC/C=C/[C@@H](O)[C@H](CO[C@@H]1OC(CO)[C@@H](O[C@@H]2OC(CO)[C@H](O)[C@H](O[C@@H]3OC(CO)[C@@H](O[C@@H]4OC(CO)[C@H](O)[C@H](O[C@@H]5OC(CO)[C@@H](O[C@@H]6OC(CO)[C@H](O)[C@H](O)C6O[C@H]6OC(C)[C@@H](O)C(O)[C@@H]6O)[C@H](O[C@H]6OC(C)[C@@H](O)C(O)[C@@H]6O)C5NC(C)=O)C4O)[C@H](O)C3NC(C)=O)C2O)[C@H](O)C1O)NC(=O)CCCCCCCCCCCCCCCCCCCCCCCCC. The molecule has 0 radical (unpaired) electrons. The van der Waals surface area contributed by atoms with Crippen LogP contribution in [-0.4, -0.2) is 434 Å². The van der Waals surface area contributed by atoms with Crippen LogP contribution in [0.25, 0.3) is 0 Å². The zero-order valence-corrected chi connectivity index (χ0v) is 82.4. The number of aliphatic hydroxyl groups excluding tert-OH is 22. The summed E-state index contributed by atoms with van der Waals surface area (Å²) in [6, 6.07) is -5.00. The van der Waals surface area contributed by atoms with Gasteiger partial charge in [0.05, 0.1) is 70.6 Å². The average molecular weight is 2030 g/mol. The molecule has 8 aliphatic rings. The van der Waals surface area contributed by atoms with Crippen molar-refractivity contribution in [1.29, 1.82) is 0 Å². The van der Waals surface area contributed by atoms with Crippen molar-refractivity contribution in [3.05, 3.63) is 12.2 Å². The Morgan fingerprint density at radius 1 is 0.293 bits per heavy atom. The van der Waals surface area contributed by atoms with E-state index < -0.39 is 316 Å². The first kappa shape index (κ1) is 122. The largest absolute Gasteiger partial charge is 0.394 e. The van der Waals surface area contributed by atoms with Crippen molar-refractivity contribution in [3.63, 3.8) is 0 Å². The lowest BCUT2D eigenvalue weighted by atomic mass is 9.93. The summed E-state index contributed by atoms with van der Waals surface area (Å²) in [6.45, 7) is 1.97. The lowest BCUT2D eigenvalue weighted by Crippen LogP contribution is -2.72. The summed E-state index contributed by atoms with van der Waals surface area (Å²) in [4.78, 5) is 40.4. The van der Waals surface area contributed by atoms with Gasteiger partial charge in [0.15, 0.2) is 50.3 Å². The molecule has 0 aromatic carbocycles. The Kier molecular flexibility index (Phi) is 55.9. The Hall–Kier alpha value is -3.37. The number of hydrogen-bond acceptors (Lipinski definition) is 41. The fourth-order valence-electron chi connectivity index (χ4n) is 19.3. The smallest absolute Gasteiger partial charge is 0.220 e. The van der Waals surface area contributed by atoms with E-state index in [-0.39, 0.29) is 12.3 Å². The second-order valence-electron chi connectivity index (χ2n) is 39.1. The molecule has 0 aromatic heterocycles. The van der Waals surface area contributed by atoms with E-state index in [4.69, 9.17) is 75.8 Å². The summed E-state index contributed by atoms with van der Waals surface area (Å²) in [5.74, 6) is -2.24. The van der Waals surface area contributed by atoms with Crippen molar-refractivity contribution in [1.82, 2.24) is 16.0 Å². The van der Waals surface area contributed by atoms with Gasteiger partial charge >= 0.3 is 0 Å². The zero-order chi connectivity index (χ0) is 102. The number of rotatable bonds is 64. The number of carbonyl (C=O) groups excluding carboxylic acids is 3. The van der Waals surface area contributed by atoms with E-state index in [0.29, 0.717) is 12.8 Å². The van der Waals surface area contributed by atoms with E-state index in [2.05, 4.69) is 29.8 Å². The first-order chi connectivity index (χ1) is 67.2. The molecule has 25 N–H and O–H groups in total. The molecule has 42 atom stereocenters. The molecule has 44 heteroatoms. The van der Waals surface area contributed by atoms with Crippen LogP contribution in [0.15, 0.2) is 12.2 Å². The molecule has 8 saturated heterocycles. The number of allylic oxidation sites excluding steroid dienone is 1. The molecule has 818 valence electrons. The zero-order valence-electron chi connectivity index (χ0n) is 82.4. The molecule has 8 aliphatic heterocycles. The maximum Gasteiger partial charge on any atom is 0.220 e. The van der Waals surface area contributed by atoms with Crippen molar-refractivity contribution >= 4 is 17.7 Å². The van der Waals surface area contributed by atoms with Crippen molar-refractivity contribution in [2.45, 2.75) is 530 Å². The van der Waals surface area contributed by atoms with Gasteiger partial charge in [0.2, 0.25) is 17.7 Å². The third-order valence-electron chi connectivity index (χ3n) is 27.9. The summed E-state index contributed by atoms with van der Waals surface area (Å²) in [5.41, 5.74) is 0. The van der Waals surface area contributed by atoms with Gasteiger partial charge in [-0.1, -0.05) is 231 Å². The first-order valence-corrected chi connectivity index (χ1v) is 51.7. The number of hydrogen-bond donors (Lipinski definition) is 25. The third kappa shape index (κ3) is 36.2. The quantitative estimate of drug-likeness (QED) is 0.0241. The highest BCUT2D eigenvalue weighted by atomic mass is 16.8. The molecule has 0 saturated carbocycles. The minimum atomic E-state index is -2.40. The Morgan fingerprint density at radius 2 is 0.600 bits per heavy atom. The van der Waals surface area contributed by atoms with Gasteiger partial charge in [-0.2, -0.15) is 0 Å². The fourth-order valence-corrected chi connectivity index (χ4v) is 19.3. The van der Waals surface area contributed by atoms with Gasteiger partial charge in [-0.15, -0.1) is 0 Å². The van der Waals surface area contributed by atoms with Gasteiger partial charge in [0.1, 0.15) is 183 Å². The van der Waals surface area contributed by atoms with E-state index in [1.54, 1.807) is 6.08 Å². The molecule has 16 unspecified atom stereocenters. The van der Waals surface area contributed by atoms with Crippen LogP contribution in [0, 0.1) is 0 Å². The molecular formula is C96H173N3O41. The minimum absolute atomic E-state index is 0.155. The molecular weight excluding hydrogens is 1850 g/mol. The Bertz CT molecular complexity index is 3380. The number of amides is 3. The van der Waals surface area contributed by atoms with Crippen LogP contribution in [-0.2, 0) is 90.2 Å². The summed E-state index contributed by atoms with van der Waals surface area (Å²) < 4.78 is 96.9. The van der Waals surface area contributed by atoms with Crippen molar-refractivity contribution in [3.8, 4) is 0 Å². The highest BCUT2D eigenvalue weighted by Crippen LogP contribution is 2.41. The van der Waals surface area contributed by atoms with Crippen LogP contribution in [0.2, 0.25) is 0 Å². The molecule has 8 rings (SSSR count). The standard InChI is InChI=1S/C96H173N3O41/c1-7-9-11-13-15-17-19-21-22-23-24-25-26-27-28-29-30-32-34-36-38-40-42-44-64(109)99-56(57(108)43-41-39-37-35-33-31-20-18-16-14-12-10-8-2)51-125-91-79(122)76(119)83(62(49-104)133-91)135-95-80(123)86(70(113)59(46-101)129-95)138-89-65(97-54(5)106)72(115)82(61(48-103)131-89)134-94-81(124)87(71(114)60(47-102)128-94)139-90-66(98-55(6)107)85(137-92-77(120)73(116)67(110)52(3)126-92)84(63(50-105)132-90)136-96-88(75(118)69(112)58(45-100)130-96)140-93-78(121)74(117)68(111)53(4)127-93/h41,43,52-53,56-63,65-96,100-105,108,110-124H,7-40,42,44-51H2,1-6H3,(H,97,106)(H,98,107)(H,99,109)/b43-41+/t52?,53?,56-,57+,58?,59?,60?,61?,62?,63?,65?,66?,67+,68+,69-,70-,71-,72+,73?,74?,75-,76+,77-,78-,79?,80?,81?,82+,83+,84+,85+,86-,87-,88?,89-,90-,91+,92+,93+,94-,95-,96-/m0/s1. The van der Waals surface area contributed by atoms with E-state index in [1.165, 1.54) is 174 Å². The van der Waals surface area contributed by atoms with Crippen LogP contribution >= 0.6 is 0 Å². The normalized spacial score (nSPS) is 38.8. The molecule has 0 aromatic rings. The molecule has 8 fully saturated rings. The maximum absolute atomic E-state index is 13.7. The van der Waals surface area contributed by atoms with E-state index >= 15 is 0 Å². The molecule has 44 nitrogen and oxygen atoms in total. The molecule has 0 spiro atoms. The molecule has 3 amide bonds. The van der Waals surface area contributed by atoms with Crippen LogP contribution in [0.4, 0.5) is 0 Å². The summed E-state index contributed by atoms with van der Waals surface area (Å²) in [5, 5.41) is 257. The molecule has 0 bridgehead atoms. The van der Waals surface area contributed by atoms with E-state index in [1.807, 2.05) is 6.08 Å². The highest BCUT2D eigenvalue weighted by molar-refractivity contribution is 5.76. The van der Waals surface area contributed by atoms with Gasteiger partial charge < -0.3 is 204 Å². The number of ether oxygens (including phenoxy) is 16. The van der Waals surface area contributed by atoms with Gasteiger partial charge in [-0.3, -0.25) is 14.4 Å². The Balaban J connectivity index is 0.911. The average Bonchev–Trinajstić information content (AvgIpc) is 0.750. The Labute approximate surface area is 821 Å². The third-order valence-corrected chi connectivity index (χ3v) is 27.9. The first-order valence-electron chi connectivity index (χ1n) is 51.7. The molecule has 8 heterocycles. The minimum Gasteiger partial charge on any atom is -0.394 e. The molecule has 0 aliphatic carbocycles. The van der Waals surface area contributed by atoms with Crippen LogP contribution in [0.3, 0.4) is 0 Å². The van der Waals surface area contributed by atoms with E-state index in [9.17, 15) is 127 Å². The fraction of sp³-hybridized carbons (Fsp3) is 0.948. The number of aliphatic hydroxyl groups is 22. The summed E-state index contributed by atoms with van der Waals surface area (Å²) >= 11 is 0. The summed E-state index contributed by atoms with van der Waals surface area (Å²) in [6.07, 6.45) is -31.3. The number of carbonyl (C=O) groups is 3. The Morgan fingerprint density at radius 3 is 1.01 bits per heavy atom. The number of unbranched alkanes of at least 4 members (excludes halogenated alkanes) is 33. The van der Waals surface area contributed by atoms with Crippen molar-refractivity contribution in [2.75, 3.05) is 46.2 Å². The maximum atomic E-state index is 13.7. The van der Waals surface area contributed by atoms with Crippen molar-refractivity contribution < 1.29 is 203 Å².